The van der Waals surface area contributed by atoms with Gasteiger partial charge in [0.15, 0.2) is 11.5 Å². The smallest absolute Gasteiger partial charge is 0.231 e. The molecule has 1 aliphatic rings. The molecule has 3 nitrogen and oxygen atoms in total. The second kappa shape index (κ2) is 4.24. The molecule has 1 heterocycles. The largest absolute Gasteiger partial charge is 0.454 e. The van der Waals surface area contributed by atoms with Crippen LogP contribution in [0.4, 0.5) is 4.39 Å². The third-order valence-corrected chi connectivity index (χ3v) is 2.54. The van der Waals surface area contributed by atoms with E-state index in [1.54, 1.807) is 19.2 Å². The summed E-state index contributed by atoms with van der Waals surface area (Å²) in [6, 6.07) is 3.17. The van der Waals surface area contributed by atoms with Crippen LogP contribution in [0.1, 0.15) is 11.7 Å². The predicted octanol–water partition coefficient (Wildman–Crippen LogP) is 2.30. The fraction of sp³-hybridized carbons (Fsp3) is 0.400. The van der Waals surface area contributed by atoms with Gasteiger partial charge in [-0.2, -0.15) is 0 Å². The van der Waals surface area contributed by atoms with Gasteiger partial charge in [0.25, 0.3) is 0 Å². The third-order valence-electron chi connectivity index (χ3n) is 2.21. The number of alkyl halides is 1. The van der Waals surface area contributed by atoms with Crippen LogP contribution in [0.25, 0.3) is 0 Å². The average Bonchev–Trinajstić information content (AvgIpc) is 2.63. The van der Waals surface area contributed by atoms with E-state index in [1.165, 1.54) is 0 Å². The lowest BCUT2D eigenvalue weighted by Crippen LogP contribution is -2.14. The van der Waals surface area contributed by atoms with Crippen molar-refractivity contribution in [2.75, 3.05) is 20.4 Å². The maximum absolute atomic E-state index is 13.6. The molecule has 0 saturated heterocycles. The number of fused-ring (bicyclic) bond motifs is 1. The molecule has 1 aromatic rings. The van der Waals surface area contributed by atoms with Gasteiger partial charge in [-0.3, -0.25) is 0 Å². The van der Waals surface area contributed by atoms with Gasteiger partial charge in [0.2, 0.25) is 6.79 Å². The van der Waals surface area contributed by atoms with Crippen LogP contribution < -0.4 is 14.8 Å². The second-order valence-electron chi connectivity index (χ2n) is 3.25. The highest BCUT2D eigenvalue weighted by molar-refractivity contribution is 6.31. The minimum Gasteiger partial charge on any atom is -0.454 e. The Morgan fingerprint density at radius 3 is 2.80 bits per heavy atom. The van der Waals surface area contributed by atoms with Crippen LogP contribution in [0, 0.1) is 0 Å². The fourth-order valence-electron chi connectivity index (χ4n) is 1.46. The third kappa shape index (κ3) is 2.01. The summed E-state index contributed by atoms with van der Waals surface area (Å²) in [7, 11) is 1.69. The van der Waals surface area contributed by atoms with Crippen molar-refractivity contribution in [2.24, 2.45) is 0 Å². The van der Waals surface area contributed by atoms with E-state index in [-0.39, 0.29) is 13.3 Å². The highest BCUT2D eigenvalue weighted by atomic mass is 35.5. The summed E-state index contributed by atoms with van der Waals surface area (Å²) in [6.45, 7) is 0.386. The fourth-order valence-corrected chi connectivity index (χ4v) is 1.73. The van der Waals surface area contributed by atoms with Crippen LogP contribution >= 0.6 is 11.6 Å². The Balaban J connectivity index is 2.31. The summed E-state index contributed by atoms with van der Waals surface area (Å²) in [5, 5.41) is 3.12. The van der Waals surface area contributed by atoms with Crippen molar-refractivity contribution in [3.63, 3.8) is 0 Å². The topological polar surface area (TPSA) is 30.5 Å². The summed E-state index contributed by atoms with van der Waals surface area (Å²) in [6.07, 6.45) is -1.14. The number of ether oxygens (including phenoxy) is 2. The molecule has 82 valence electrons. The van der Waals surface area contributed by atoms with Crippen molar-refractivity contribution in [2.45, 2.75) is 6.17 Å². The van der Waals surface area contributed by atoms with Crippen LogP contribution in [-0.2, 0) is 0 Å². The average molecular weight is 232 g/mol. The van der Waals surface area contributed by atoms with Crippen LogP contribution in [-0.4, -0.2) is 20.4 Å². The van der Waals surface area contributed by atoms with Crippen LogP contribution in [0.15, 0.2) is 12.1 Å². The molecule has 1 N–H and O–H groups in total. The lowest BCUT2D eigenvalue weighted by molar-refractivity contribution is 0.174. The molecule has 1 unspecified atom stereocenters. The molecule has 0 aromatic heterocycles. The van der Waals surface area contributed by atoms with Gasteiger partial charge in [-0.25, -0.2) is 4.39 Å². The molecular formula is C10H11ClFNO2. The van der Waals surface area contributed by atoms with Gasteiger partial charge < -0.3 is 14.8 Å². The van der Waals surface area contributed by atoms with Crippen molar-refractivity contribution in [3.05, 3.63) is 22.7 Å². The molecule has 0 spiro atoms. The number of likely N-dealkylation sites (N-methyl/N-ethyl adjacent to an activating group) is 1. The first-order valence-corrected chi connectivity index (χ1v) is 4.98. The van der Waals surface area contributed by atoms with Gasteiger partial charge >= 0.3 is 0 Å². The summed E-state index contributed by atoms with van der Waals surface area (Å²) in [4.78, 5) is 0. The zero-order chi connectivity index (χ0) is 10.8. The van der Waals surface area contributed by atoms with E-state index >= 15 is 0 Å². The lowest BCUT2D eigenvalue weighted by atomic mass is 10.1. The second-order valence-corrected chi connectivity index (χ2v) is 3.66. The van der Waals surface area contributed by atoms with Gasteiger partial charge in [-0.15, -0.1) is 0 Å². The number of hydrogen-bond acceptors (Lipinski definition) is 3. The monoisotopic (exact) mass is 231 g/mol. The highest BCUT2D eigenvalue weighted by Crippen LogP contribution is 2.39. The molecule has 0 amide bonds. The van der Waals surface area contributed by atoms with Crippen molar-refractivity contribution >= 4 is 11.6 Å². The Hall–Kier alpha value is -1.00. The SMILES string of the molecule is CNCC(F)c1cc2c(cc1Cl)OCO2. The van der Waals surface area contributed by atoms with Crippen molar-refractivity contribution in [3.8, 4) is 11.5 Å². The van der Waals surface area contributed by atoms with E-state index in [0.29, 0.717) is 22.1 Å². The van der Waals surface area contributed by atoms with Crippen molar-refractivity contribution in [1.82, 2.24) is 5.32 Å². The van der Waals surface area contributed by atoms with Gasteiger partial charge in [0, 0.05) is 18.2 Å². The molecule has 1 atom stereocenters. The van der Waals surface area contributed by atoms with Crippen LogP contribution in [0.5, 0.6) is 11.5 Å². The molecule has 1 aliphatic heterocycles. The van der Waals surface area contributed by atoms with Gasteiger partial charge in [-0.1, -0.05) is 11.6 Å². The van der Waals surface area contributed by atoms with Crippen LogP contribution in [0.3, 0.4) is 0 Å². The summed E-state index contributed by atoms with van der Waals surface area (Å²) in [5.74, 6) is 1.12. The molecule has 0 fully saturated rings. The quantitative estimate of drug-likeness (QED) is 0.866. The van der Waals surface area contributed by atoms with E-state index < -0.39 is 6.17 Å². The number of benzene rings is 1. The molecule has 0 radical (unpaired) electrons. The molecule has 0 saturated carbocycles. The van der Waals surface area contributed by atoms with E-state index in [2.05, 4.69) is 5.32 Å². The molecule has 1 aromatic carbocycles. The predicted molar refractivity (Wildman–Crippen MR) is 55.4 cm³/mol. The van der Waals surface area contributed by atoms with Crippen molar-refractivity contribution in [1.29, 1.82) is 0 Å². The Bertz CT molecular complexity index is 373. The minimum absolute atomic E-state index is 0.165. The summed E-state index contributed by atoms with van der Waals surface area (Å²) >= 11 is 5.94. The number of rotatable bonds is 3. The van der Waals surface area contributed by atoms with E-state index in [1.807, 2.05) is 0 Å². The Labute approximate surface area is 92.1 Å². The molecule has 15 heavy (non-hydrogen) atoms. The number of halogens is 2. The van der Waals surface area contributed by atoms with Gasteiger partial charge in [-0.05, 0) is 13.1 Å². The molecule has 0 bridgehead atoms. The zero-order valence-electron chi connectivity index (χ0n) is 8.22. The summed E-state index contributed by atoms with van der Waals surface area (Å²) < 4.78 is 23.9. The molecule has 0 aliphatic carbocycles. The Morgan fingerprint density at radius 1 is 1.47 bits per heavy atom. The van der Waals surface area contributed by atoms with Crippen LogP contribution in [0.2, 0.25) is 5.02 Å². The Morgan fingerprint density at radius 2 is 2.13 bits per heavy atom. The van der Waals surface area contributed by atoms with E-state index in [0.717, 1.165) is 0 Å². The lowest BCUT2D eigenvalue weighted by Gasteiger charge is -2.10. The van der Waals surface area contributed by atoms with Gasteiger partial charge in [0.1, 0.15) is 6.17 Å². The first kappa shape index (κ1) is 10.5. The molecule has 5 heteroatoms. The Kier molecular flexibility index (Phi) is 2.98. The number of hydrogen-bond donors (Lipinski definition) is 1. The van der Waals surface area contributed by atoms with Gasteiger partial charge in [0.05, 0.1) is 5.02 Å². The molecular weight excluding hydrogens is 221 g/mol. The normalized spacial score (nSPS) is 15.4. The highest BCUT2D eigenvalue weighted by Gasteiger charge is 2.20. The number of nitrogens with one attached hydrogen (secondary N) is 1. The van der Waals surface area contributed by atoms with E-state index in [9.17, 15) is 4.39 Å². The minimum atomic E-state index is -1.14. The summed E-state index contributed by atoms with van der Waals surface area (Å²) in [5.41, 5.74) is 0.426. The van der Waals surface area contributed by atoms with Crippen molar-refractivity contribution < 1.29 is 13.9 Å². The van der Waals surface area contributed by atoms with E-state index in [4.69, 9.17) is 21.1 Å². The first-order valence-electron chi connectivity index (χ1n) is 4.60. The maximum atomic E-state index is 13.6. The zero-order valence-corrected chi connectivity index (χ0v) is 8.97. The molecule has 2 rings (SSSR count). The maximum Gasteiger partial charge on any atom is 0.231 e. The first-order chi connectivity index (χ1) is 7.22. The standard InChI is InChI=1S/C10H11ClFNO2/c1-13-4-8(12)6-2-9-10(3-7(6)11)15-5-14-9/h2-3,8,13H,4-5H2,1H3.